The van der Waals surface area contributed by atoms with Gasteiger partial charge in [0.25, 0.3) is 0 Å². The minimum Gasteiger partial charge on any atom is -0.310 e. The maximum absolute atomic E-state index is 2.50. The average Bonchev–Trinajstić information content (AvgIpc) is 3.89. The molecule has 0 radical (unpaired) electrons. The molecule has 1 heterocycles. The highest BCUT2D eigenvalue weighted by molar-refractivity contribution is 6.10. The van der Waals surface area contributed by atoms with Crippen LogP contribution in [0.25, 0.3) is 94.6 Å². The van der Waals surface area contributed by atoms with Gasteiger partial charge in [-0.1, -0.05) is 151 Å². The van der Waals surface area contributed by atoms with Crippen molar-refractivity contribution in [1.82, 2.24) is 4.57 Å². The third kappa shape index (κ3) is 5.80. The summed E-state index contributed by atoms with van der Waals surface area (Å²) >= 11 is 0. The quantitative estimate of drug-likeness (QED) is 0.162. The lowest BCUT2D eigenvalue weighted by Gasteiger charge is -2.26. The standard InChI is InChI=1S/C62H44N2/c1-40-23-32-57-58(35-40)62(43-25-24-41-13-5-6-14-42(41)36-43)56-20-8-7-19-55(56)61(57)44-26-33-51-45(37-44)38-46-39-50(31-34-52(46)51)63(47-15-3-2-4-16-47)48-27-29-49(30-28-48)64-59-21-11-9-17-53(59)54-18-10-12-22-60(54)64/h2-6,9-37,39H,7-8,38H2,1H3. The van der Waals surface area contributed by atoms with Crippen LogP contribution in [0.3, 0.4) is 0 Å². The molecule has 0 amide bonds. The first kappa shape index (κ1) is 36.7. The van der Waals surface area contributed by atoms with E-state index in [0.717, 1.165) is 42.0 Å². The number of hydrogen-bond donors (Lipinski definition) is 0. The number of benzene rings is 10. The zero-order valence-electron chi connectivity index (χ0n) is 35.7. The van der Waals surface area contributed by atoms with E-state index >= 15 is 0 Å². The molecule has 0 aliphatic heterocycles. The van der Waals surface area contributed by atoms with Crippen LogP contribution in [0.2, 0.25) is 0 Å². The van der Waals surface area contributed by atoms with Gasteiger partial charge in [0.05, 0.1) is 11.0 Å². The first-order valence-corrected chi connectivity index (χ1v) is 22.6. The fourth-order valence-electron chi connectivity index (χ4n) is 11.0. The van der Waals surface area contributed by atoms with Gasteiger partial charge in [0.1, 0.15) is 0 Å². The Labute approximate surface area is 372 Å². The highest BCUT2D eigenvalue weighted by atomic mass is 15.1. The van der Waals surface area contributed by atoms with E-state index in [-0.39, 0.29) is 0 Å². The second kappa shape index (κ2) is 14.6. The lowest BCUT2D eigenvalue weighted by molar-refractivity contribution is 1.12. The molecule has 0 N–H and O–H groups in total. The van der Waals surface area contributed by atoms with Crippen molar-refractivity contribution in [3.8, 4) is 39.1 Å². The number of fused-ring (bicyclic) bond motifs is 9. The molecular weight excluding hydrogens is 773 g/mol. The van der Waals surface area contributed by atoms with Crippen LogP contribution in [0.5, 0.6) is 0 Å². The van der Waals surface area contributed by atoms with Gasteiger partial charge in [0.15, 0.2) is 0 Å². The van der Waals surface area contributed by atoms with Crippen molar-refractivity contribution in [2.75, 3.05) is 4.90 Å². The molecule has 0 spiro atoms. The molecule has 11 aromatic rings. The van der Waals surface area contributed by atoms with Gasteiger partial charge < -0.3 is 9.47 Å². The molecule has 2 aliphatic rings. The number of anilines is 3. The molecule has 10 aromatic carbocycles. The largest absolute Gasteiger partial charge is 0.310 e. The van der Waals surface area contributed by atoms with Crippen LogP contribution in [0.1, 0.15) is 29.5 Å². The first-order chi connectivity index (χ1) is 31.6. The van der Waals surface area contributed by atoms with Gasteiger partial charge in [-0.15, -0.1) is 0 Å². The summed E-state index contributed by atoms with van der Waals surface area (Å²) in [5.41, 5.74) is 19.0. The molecule has 13 rings (SSSR count). The fourth-order valence-corrected chi connectivity index (χ4v) is 11.0. The molecule has 0 bridgehead atoms. The topological polar surface area (TPSA) is 8.17 Å². The Hall–Kier alpha value is -7.94. The summed E-state index contributed by atoms with van der Waals surface area (Å²) in [6.07, 6.45) is 7.99. The lowest BCUT2D eigenvalue weighted by atomic mass is 9.85. The number of para-hydroxylation sites is 3. The summed E-state index contributed by atoms with van der Waals surface area (Å²) < 4.78 is 2.39. The van der Waals surface area contributed by atoms with Crippen molar-refractivity contribution in [2.24, 2.45) is 0 Å². The predicted octanol–water partition coefficient (Wildman–Crippen LogP) is 15.1. The van der Waals surface area contributed by atoms with Crippen LogP contribution in [-0.4, -0.2) is 4.57 Å². The molecule has 2 nitrogen and oxygen atoms in total. The van der Waals surface area contributed by atoms with Gasteiger partial charge in [0.2, 0.25) is 0 Å². The number of nitrogens with zero attached hydrogens (tertiary/aromatic N) is 2. The van der Waals surface area contributed by atoms with E-state index in [2.05, 4.69) is 229 Å². The lowest BCUT2D eigenvalue weighted by Crippen LogP contribution is -2.31. The number of aromatic nitrogens is 1. The molecule has 0 fully saturated rings. The third-order valence-corrected chi connectivity index (χ3v) is 13.8. The van der Waals surface area contributed by atoms with Gasteiger partial charge in [-0.2, -0.15) is 0 Å². The summed E-state index contributed by atoms with van der Waals surface area (Å²) in [5.74, 6) is 0. The van der Waals surface area contributed by atoms with Gasteiger partial charge >= 0.3 is 0 Å². The minimum absolute atomic E-state index is 0.895. The van der Waals surface area contributed by atoms with Crippen molar-refractivity contribution in [1.29, 1.82) is 0 Å². The summed E-state index contributed by atoms with van der Waals surface area (Å²) in [6.45, 7) is 2.22. The molecule has 0 atom stereocenters. The highest BCUT2D eigenvalue weighted by Gasteiger charge is 2.24. The summed E-state index contributed by atoms with van der Waals surface area (Å²) in [7, 11) is 0. The first-order valence-electron chi connectivity index (χ1n) is 22.6. The molecular formula is C62H44N2. The zero-order chi connectivity index (χ0) is 42.3. The Bertz CT molecular complexity index is 3760. The maximum atomic E-state index is 2.50. The zero-order valence-corrected chi connectivity index (χ0v) is 35.7. The van der Waals surface area contributed by atoms with Crippen LogP contribution >= 0.6 is 0 Å². The Morgan fingerprint density at radius 3 is 1.73 bits per heavy atom. The van der Waals surface area contributed by atoms with Crippen molar-refractivity contribution < 1.29 is 0 Å². The molecule has 0 saturated heterocycles. The summed E-state index contributed by atoms with van der Waals surface area (Å²) in [6, 6.07) is 74.4. The monoisotopic (exact) mass is 816 g/mol. The van der Waals surface area contributed by atoms with Crippen molar-refractivity contribution in [3.63, 3.8) is 0 Å². The molecule has 2 heteroatoms. The molecule has 64 heavy (non-hydrogen) atoms. The normalized spacial score (nSPS) is 12.8. The van der Waals surface area contributed by atoms with E-state index in [1.807, 2.05) is 0 Å². The fraction of sp³-hybridized carbons (Fsp3) is 0.0645. The van der Waals surface area contributed by atoms with Crippen LogP contribution < -0.4 is 15.3 Å². The Kier molecular flexibility index (Phi) is 8.36. The van der Waals surface area contributed by atoms with E-state index in [0.29, 0.717) is 0 Å². The Morgan fingerprint density at radius 1 is 0.406 bits per heavy atom. The van der Waals surface area contributed by atoms with Crippen LogP contribution in [0, 0.1) is 6.92 Å². The number of rotatable bonds is 6. The van der Waals surface area contributed by atoms with Crippen molar-refractivity contribution in [3.05, 3.63) is 227 Å². The molecule has 0 unspecified atom stereocenters. The maximum Gasteiger partial charge on any atom is 0.0541 e. The van der Waals surface area contributed by atoms with E-state index < -0.39 is 0 Å². The van der Waals surface area contributed by atoms with Gasteiger partial charge in [-0.3, -0.25) is 0 Å². The SMILES string of the molecule is Cc1ccc2c(-c3ccc4c(c3)Cc3cc(N(c5ccccc5)c5ccc(-n6c7ccccc7c7ccccc76)cc5)ccc3-4)c3c(c(-c4ccc5ccccc5c4)c2c1)=CCCC=3. The predicted molar refractivity (Wildman–Crippen MR) is 272 cm³/mol. The highest BCUT2D eigenvalue weighted by Crippen LogP contribution is 2.44. The molecule has 0 saturated carbocycles. The third-order valence-electron chi connectivity index (χ3n) is 13.8. The van der Waals surface area contributed by atoms with Gasteiger partial charge in [-0.05, 0) is 169 Å². The number of aryl methyl sites for hydroxylation is 1. The van der Waals surface area contributed by atoms with E-state index in [1.54, 1.807) is 0 Å². The van der Waals surface area contributed by atoms with Crippen LogP contribution in [0.4, 0.5) is 17.1 Å². The van der Waals surface area contributed by atoms with Crippen molar-refractivity contribution in [2.45, 2.75) is 26.2 Å². The molecule has 302 valence electrons. The second-order valence-corrected chi connectivity index (χ2v) is 17.6. The Morgan fingerprint density at radius 2 is 0.984 bits per heavy atom. The average molecular weight is 817 g/mol. The van der Waals surface area contributed by atoms with E-state index in [9.17, 15) is 0 Å². The van der Waals surface area contributed by atoms with Gasteiger partial charge in [0, 0.05) is 33.5 Å². The van der Waals surface area contributed by atoms with E-state index in [1.165, 1.54) is 104 Å². The summed E-state index contributed by atoms with van der Waals surface area (Å²) in [4.78, 5) is 2.40. The summed E-state index contributed by atoms with van der Waals surface area (Å²) in [5, 5.41) is 10.5. The van der Waals surface area contributed by atoms with Gasteiger partial charge in [-0.25, -0.2) is 0 Å². The van der Waals surface area contributed by atoms with E-state index in [4.69, 9.17) is 0 Å². The molecule has 1 aromatic heterocycles. The van der Waals surface area contributed by atoms with Crippen LogP contribution in [-0.2, 0) is 6.42 Å². The van der Waals surface area contributed by atoms with Crippen LogP contribution in [0.15, 0.2) is 200 Å². The Balaban J connectivity index is 0.894. The minimum atomic E-state index is 0.895. The molecule has 2 aliphatic carbocycles. The smallest absolute Gasteiger partial charge is 0.0541 e. The second-order valence-electron chi connectivity index (χ2n) is 17.6. The van der Waals surface area contributed by atoms with Crippen molar-refractivity contribution >= 4 is 72.6 Å². The number of hydrogen-bond acceptors (Lipinski definition) is 1.